The Labute approximate surface area is 248 Å². The number of ether oxygens (including phenoxy) is 1. The number of nitrogens with zero attached hydrogens (tertiary/aromatic N) is 9. The van der Waals surface area contributed by atoms with Gasteiger partial charge in [0, 0.05) is 38.5 Å². The number of azo groups is 1. The monoisotopic (exact) mass is 583 g/mol. The number of methoxy groups -OCH3 is 1. The van der Waals surface area contributed by atoms with Crippen LogP contribution in [-0.2, 0) is 16.0 Å². The standard InChI is InChI=1S/C29H33N11O3/c1-17-11-18(2)22(19(3)12-17)13-23-35-27(31-10-7-24(41)42)25(28(36-23)34-20(4)16-43-5)37-38-26-21(14-30)15-40(39-26)29-32-8-6-9-33-29/h6,8-9,11-12,15,20H,7,10,13,16H2,1-5H3,(H,41,42)(H2,31,34,35,36). The van der Waals surface area contributed by atoms with Crippen LogP contribution in [0.15, 0.2) is 47.0 Å². The number of benzene rings is 1. The molecule has 14 nitrogen and oxygen atoms in total. The predicted molar refractivity (Wildman–Crippen MR) is 159 cm³/mol. The van der Waals surface area contributed by atoms with Crippen LogP contribution in [0, 0.1) is 32.1 Å². The van der Waals surface area contributed by atoms with Crippen LogP contribution in [0.25, 0.3) is 5.95 Å². The first-order valence-corrected chi connectivity index (χ1v) is 13.6. The summed E-state index contributed by atoms with van der Waals surface area (Å²) >= 11 is 0. The van der Waals surface area contributed by atoms with Gasteiger partial charge in [0.1, 0.15) is 17.5 Å². The van der Waals surface area contributed by atoms with Gasteiger partial charge in [-0.25, -0.2) is 24.6 Å². The quantitative estimate of drug-likeness (QED) is 0.187. The third kappa shape index (κ3) is 7.92. The van der Waals surface area contributed by atoms with Crippen molar-refractivity contribution < 1.29 is 14.6 Å². The minimum Gasteiger partial charge on any atom is -0.481 e. The van der Waals surface area contributed by atoms with Crippen molar-refractivity contribution in [3.63, 3.8) is 0 Å². The van der Waals surface area contributed by atoms with E-state index in [-0.39, 0.29) is 47.8 Å². The number of carbonyl (C=O) groups is 1. The molecule has 0 spiro atoms. The van der Waals surface area contributed by atoms with Gasteiger partial charge in [0.2, 0.25) is 5.82 Å². The second-order valence-corrected chi connectivity index (χ2v) is 9.98. The van der Waals surface area contributed by atoms with E-state index in [2.05, 4.69) is 74.9 Å². The van der Waals surface area contributed by atoms with Crippen LogP contribution in [0.1, 0.15) is 47.0 Å². The molecular weight excluding hydrogens is 550 g/mol. The fourth-order valence-corrected chi connectivity index (χ4v) is 4.49. The van der Waals surface area contributed by atoms with Gasteiger partial charge in [-0.05, 0) is 50.5 Å². The van der Waals surface area contributed by atoms with E-state index in [1.165, 1.54) is 16.4 Å². The zero-order chi connectivity index (χ0) is 30.9. The molecule has 0 fully saturated rings. The molecular formula is C29H33N11O3. The highest BCUT2D eigenvalue weighted by Crippen LogP contribution is 2.34. The molecule has 14 heteroatoms. The van der Waals surface area contributed by atoms with Gasteiger partial charge in [-0.15, -0.1) is 15.3 Å². The van der Waals surface area contributed by atoms with Gasteiger partial charge >= 0.3 is 5.97 Å². The molecule has 1 aromatic carbocycles. The Morgan fingerprint density at radius 1 is 1.14 bits per heavy atom. The number of hydrogen-bond acceptors (Lipinski definition) is 12. The molecule has 0 aliphatic heterocycles. The summed E-state index contributed by atoms with van der Waals surface area (Å²) < 4.78 is 6.65. The number of carboxylic acid groups (broad SMARTS) is 1. The number of carboxylic acids is 1. The molecule has 0 amide bonds. The number of nitrogens with one attached hydrogen (secondary N) is 2. The Morgan fingerprint density at radius 3 is 2.49 bits per heavy atom. The summed E-state index contributed by atoms with van der Waals surface area (Å²) in [6.45, 7) is 8.55. The van der Waals surface area contributed by atoms with Gasteiger partial charge in [-0.1, -0.05) is 17.7 Å². The van der Waals surface area contributed by atoms with Crippen LogP contribution in [0.5, 0.6) is 0 Å². The highest BCUT2D eigenvalue weighted by Gasteiger charge is 2.19. The van der Waals surface area contributed by atoms with Crippen molar-refractivity contribution in [3.8, 4) is 12.0 Å². The number of aliphatic carboxylic acids is 1. The van der Waals surface area contributed by atoms with Gasteiger partial charge in [0.15, 0.2) is 17.3 Å². The summed E-state index contributed by atoms with van der Waals surface area (Å²) in [5.74, 6) is 0.494. The minimum absolute atomic E-state index is 0.0392. The number of hydrogen-bond donors (Lipinski definition) is 3. The molecule has 43 heavy (non-hydrogen) atoms. The second kappa shape index (κ2) is 14.1. The van der Waals surface area contributed by atoms with Gasteiger partial charge in [-0.2, -0.15) is 5.26 Å². The molecule has 222 valence electrons. The first-order valence-electron chi connectivity index (χ1n) is 13.6. The fourth-order valence-electron chi connectivity index (χ4n) is 4.49. The maximum atomic E-state index is 11.3. The summed E-state index contributed by atoms with van der Waals surface area (Å²) in [4.78, 5) is 29.1. The molecule has 1 unspecified atom stereocenters. The average Bonchev–Trinajstić information content (AvgIpc) is 3.38. The highest BCUT2D eigenvalue weighted by molar-refractivity contribution is 5.75. The summed E-state index contributed by atoms with van der Waals surface area (Å²) in [6.07, 6.45) is 4.88. The van der Waals surface area contributed by atoms with E-state index in [0.717, 1.165) is 16.7 Å². The Balaban J connectivity index is 1.81. The van der Waals surface area contributed by atoms with Crippen LogP contribution in [-0.4, -0.2) is 67.1 Å². The molecule has 4 rings (SSSR count). The molecule has 1 atom stereocenters. The normalized spacial score (nSPS) is 11.8. The molecule has 3 aromatic heterocycles. The summed E-state index contributed by atoms with van der Waals surface area (Å²) in [6, 6.07) is 7.79. The van der Waals surface area contributed by atoms with Crippen LogP contribution in [0.4, 0.5) is 23.1 Å². The lowest BCUT2D eigenvalue weighted by Gasteiger charge is -2.18. The van der Waals surface area contributed by atoms with Crippen molar-refractivity contribution in [1.29, 1.82) is 5.26 Å². The number of nitriles is 1. The smallest absolute Gasteiger partial charge is 0.305 e. The van der Waals surface area contributed by atoms with Crippen LogP contribution < -0.4 is 10.6 Å². The molecule has 3 heterocycles. The SMILES string of the molecule is COCC(C)Nc1nc(Cc2c(C)cc(C)cc2C)nc(NCCC(=O)O)c1N=Nc1nn(-c2ncccn2)cc1C#N. The molecule has 3 N–H and O–H groups in total. The van der Waals surface area contributed by atoms with E-state index in [1.54, 1.807) is 25.6 Å². The lowest BCUT2D eigenvalue weighted by Crippen LogP contribution is -2.22. The Bertz CT molecular complexity index is 1640. The van der Waals surface area contributed by atoms with Crippen molar-refractivity contribution in [3.05, 3.63) is 70.4 Å². The maximum absolute atomic E-state index is 11.3. The molecule has 0 aliphatic rings. The molecule has 0 saturated carbocycles. The topological polar surface area (TPSA) is 188 Å². The number of anilines is 2. The van der Waals surface area contributed by atoms with Crippen LogP contribution in [0.3, 0.4) is 0 Å². The predicted octanol–water partition coefficient (Wildman–Crippen LogP) is 4.59. The molecule has 0 saturated heterocycles. The maximum Gasteiger partial charge on any atom is 0.305 e. The zero-order valence-corrected chi connectivity index (χ0v) is 24.7. The fraction of sp³-hybridized carbons (Fsp3) is 0.345. The van der Waals surface area contributed by atoms with Gasteiger partial charge in [0.25, 0.3) is 5.95 Å². The zero-order valence-electron chi connectivity index (χ0n) is 24.7. The van der Waals surface area contributed by atoms with E-state index < -0.39 is 5.97 Å². The van der Waals surface area contributed by atoms with E-state index in [4.69, 9.17) is 14.7 Å². The molecule has 0 aliphatic carbocycles. The molecule has 0 bridgehead atoms. The van der Waals surface area contributed by atoms with Crippen LogP contribution in [0.2, 0.25) is 0 Å². The summed E-state index contributed by atoms with van der Waals surface area (Å²) in [7, 11) is 1.60. The Morgan fingerprint density at radius 2 is 1.84 bits per heavy atom. The largest absolute Gasteiger partial charge is 0.481 e. The number of aryl methyl sites for hydroxylation is 3. The van der Waals surface area contributed by atoms with Crippen molar-refractivity contribution in [2.24, 2.45) is 10.2 Å². The van der Waals surface area contributed by atoms with Crippen LogP contribution >= 0.6 is 0 Å². The van der Waals surface area contributed by atoms with Gasteiger partial charge in [0.05, 0.1) is 19.2 Å². The van der Waals surface area contributed by atoms with Crippen molar-refractivity contribution in [2.45, 2.75) is 46.6 Å². The van der Waals surface area contributed by atoms with Crippen molar-refractivity contribution >= 4 is 29.1 Å². The van der Waals surface area contributed by atoms with Crippen molar-refractivity contribution in [1.82, 2.24) is 29.7 Å². The first-order chi connectivity index (χ1) is 20.7. The minimum atomic E-state index is -0.963. The lowest BCUT2D eigenvalue weighted by atomic mass is 9.97. The highest BCUT2D eigenvalue weighted by atomic mass is 16.5. The van der Waals surface area contributed by atoms with E-state index in [1.807, 2.05) is 6.92 Å². The van der Waals surface area contributed by atoms with E-state index >= 15 is 0 Å². The third-order valence-corrected chi connectivity index (χ3v) is 6.35. The average molecular weight is 584 g/mol. The first kappa shape index (κ1) is 30.7. The van der Waals surface area contributed by atoms with E-state index in [0.29, 0.717) is 24.7 Å². The van der Waals surface area contributed by atoms with Crippen molar-refractivity contribution in [2.75, 3.05) is 30.9 Å². The van der Waals surface area contributed by atoms with Gasteiger partial charge < -0.3 is 20.5 Å². The summed E-state index contributed by atoms with van der Waals surface area (Å²) in [5, 5.41) is 38.4. The number of rotatable bonds is 13. The Hall–Kier alpha value is -5.29. The summed E-state index contributed by atoms with van der Waals surface area (Å²) in [5.41, 5.74) is 4.88. The molecule has 4 aromatic rings. The van der Waals surface area contributed by atoms with Gasteiger partial charge in [-0.3, -0.25) is 4.79 Å². The Kier molecular flexibility index (Phi) is 10.0. The number of aromatic nitrogens is 6. The third-order valence-electron chi connectivity index (χ3n) is 6.35. The molecule has 0 radical (unpaired) electrons. The van der Waals surface area contributed by atoms with E-state index in [9.17, 15) is 15.2 Å². The second-order valence-electron chi connectivity index (χ2n) is 9.98. The lowest BCUT2D eigenvalue weighted by molar-refractivity contribution is -0.136.